The fraction of sp³-hybridized carbons (Fsp3) is 0.273. The third-order valence-corrected chi connectivity index (χ3v) is 2.68. The molecule has 0 unspecified atom stereocenters. The number of hydrogen-bond acceptors (Lipinski definition) is 2. The minimum atomic E-state index is -0.950. The van der Waals surface area contributed by atoms with Gasteiger partial charge < -0.3 is 9.67 Å². The van der Waals surface area contributed by atoms with Crippen LogP contribution in [-0.2, 0) is 0 Å². The molecule has 2 rings (SSSR count). The Labute approximate surface area is 97.5 Å². The maximum absolute atomic E-state index is 11.1. The number of pyridine rings is 1. The van der Waals surface area contributed by atoms with Gasteiger partial charge in [0.05, 0.1) is 11.1 Å². The van der Waals surface area contributed by atoms with Crippen LogP contribution in [0, 0.1) is 0 Å². The molecule has 0 saturated carbocycles. The van der Waals surface area contributed by atoms with Crippen molar-refractivity contribution in [2.24, 2.45) is 0 Å². The predicted molar refractivity (Wildman–Crippen MR) is 62.1 cm³/mol. The summed E-state index contributed by atoms with van der Waals surface area (Å²) >= 11 is 5.81. The van der Waals surface area contributed by atoms with Crippen LogP contribution >= 0.6 is 11.6 Å². The fourth-order valence-electron chi connectivity index (χ4n) is 1.72. The van der Waals surface area contributed by atoms with Crippen molar-refractivity contribution in [1.82, 2.24) is 9.55 Å². The first-order chi connectivity index (χ1) is 7.50. The van der Waals surface area contributed by atoms with E-state index in [4.69, 9.17) is 16.7 Å². The minimum absolute atomic E-state index is 0.175. The molecule has 5 heteroatoms. The highest BCUT2D eigenvalue weighted by Crippen LogP contribution is 2.25. The number of halogens is 1. The number of fused-ring (bicyclic) bond motifs is 1. The van der Waals surface area contributed by atoms with Gasteiger partial charge in [0.15, 0.2) is 0 Å². The van der Waals surface area contributed by atoms with Gasteiger partial charge in [-0.05, 0) is 19.9 Å². The van der Waals surface area contributed by atoms with E-state index in [-0.39, 0.29) is 11.6 Å². The highest BCUT2D eigenvalue weighted by Gasteiger charge is 2.16. The van der Waals surface area contributed by atoms with Gasteiger partial charge in [-0.1, -0.05) is 11.6 Å². The molecule has 4 nitrogen and oxygen atoms in total. The molecule has 0 spiro atoms. The number of carboxylic acids is 1. The summed E-state index contributed by atoms with van der Waals surface area (Å²) in [5.41, 5.74) is 1.06. The van der Waals surface area contributed by atoms with Gasteiger partial charge in [0, 0.05) is 23.8 Å². The largest absolute Gasteiger partial charge is 0.478 e. The smallest absolute Gasteiger partial charge is 0.337 e. The Bertz CT molecular complexity index is 560. The van der Waals surface area contributed by atoms with E-state index < -0.39 is 5.97 Å². The average Bonchev–Trinajstić information content (AvgIpc) is 2.56. The van der Waals surface area contributed by atoms with Crippen LogP contribution < -0.4 is 0 Å². The molecule has 0 fully saturated rings. The average molecular weight is 239 g/mol. The second-order valence-electron chi connectivity index (χ2n) is 3.87. The molecule has 2 aromatic heterocycles. The molecule has 0 aliphatic carbocycles. The van der Waals surface area contributed by atoms with E-state index in [1.54, 1.807) is 12.3 Å². The van der Waals surface area contributed by atoms with Crippen molar-refractivity contribution in [3.8, 4) is 0 Å². The predicted octanol–water partition coefficient (Wildman–Crippen LogP) is 2.97. The summed E-state index contributed by atoms with van der Waals surface area (Å²) in [4.78, 5) is 15.0. The SMILES string of the molecule is CC(C)n1cc(C(=O)O)c2cnc(Cl)cc21. The highest BCUT2D eigenvalue weighted by molar-refractivity contribution is 6.30. The van der Waals surface area contributed by atoms with Gasteiger partial charge in [0.1, 0.15) is 5.15 Å². The lowest BCUT2D eigenvalue weighted by atomic mass is 10.2. The maximum atomic E-state index is 11.1. The highest BCUT2D eigenvalue weighted by atomic mass is 35.5. The Morgan fingerprint density at radius 3 is 2.81 bits per heavy atom. The lowest BCUT2D eigenvalue weighted by Gasteiger charge is -2.08. The van der Waals surface area contributed by atoms with Crippen LogP contribution in [0.3, 0.4) is 0 Å². The number of carboxylic acid groups (broad SMARTS) is 1. The molecule has 2 aromatic rings. The van der Waals surface area contributed by atoms with Crippen LogP contribution in [0.15, 0.2) is 18.5 Å². The Balaban J connectivity index is 2.81. The fourth-order valence-corrected chi connectivity index (χ4v) is 1.87. The zero-order chi connectivity index (χ0) is 11.9. The molecule has 84 valence electrons. The third kappa shape index (κ3) is 1.65. The van der Waals surface area contributed by atoms with E-state index in [1.807, 2.05) is 18.4 Å². The Hall–Kier alpha value is -1.55. The van der Waals surface area contributed by atoms with Gasteiger partial charge in [0.25, 0.3) is 0 Å². The lowest BCUT2D eigenvalue weighted by molar-refractivity contribution is 0.0698. The Morgan fingerprint density at radius 2 is 2.25 bits per heavy atom. The molecule has 0 amide bonds. The van der Waals surface area contributed by atoms with Crippen LogP contribution in [0.25, 0.3) is 10.9 Å². The van der Waals surface area contributed by atoms with Crippen molar-refractivity contribution in [2.75, 3.05) is 0 Å². The summed E-state index contributed by atoms with van der Waals surface area (Å²) in [5, 5.41) is 10.1. The van der Waals surface area contributed by atoms with Crippen molar-refractivity contribution in [2.45, 2.75) is 19.9 Å². The lowest BCUT2D eigenvalue weighted by Crippen LogP contribution is -1.99. The number of aromatic carboxylic acids is 1. The number of carbonyl (C=O) groups is 1. The van der Waals surface area contributed by atoms with Gasteiger partial charge in [-0.15, -0.1) is 0 Å². The van der Waals surface area contributed by atoms with Gasteiger partial charge in [-0.25, -0.2) is 9.78 Å². The van der Waals surface area contributed by atoms with E-state index in [9.17, 15) is 4.79 Å². The summed E-state index contributed by atoms with van der Waals surface area (Å²) < 4.78 is 1.88. The van der Waals surface area contributed by atoms with Crippen molar-refractivity contribution < 1.29 is 9.90 Å². The molecule has 0 aliphatic rings. The second-order valence-corrected chi connectivity index (χ2v) is 4.26. The first-order valence-electron chi connectivity index (χ1n) is 4.90. The zero-order valence-corrected chi connectivity index (χ0v) is 9.69. The van der Waals surface area contributed by atoms with Crippen molar-refractivity contribution >= 4 is 28.5 Å². The van der Waals surface area contributed by atoms with Gasteiger partial charge in [-0.3, -0.25) is 0 Å². The third-order valence-electron chi connectivity index (χ3n) is 2.47. The van der Waals surface area contributed by atoms with Gasteiger partial charge >= 0.3 is 5.97 Å². The first-order valence-corrected chi connectivity index (χ1v) is 5.28. The zero-order valence-electron chi connectivity index (χ0n) is 8.94. The maximum Gasteiger partial charge on any atom is 0.337 e. The number of hydrogen-bond donors (Lipinski definition) is 1. The second kappa shape index (κ2) is 3.79. The quantitative estimate of drug-likeness (QED) is 0.819. The minimum Gasteiger partial charge on any atom is -0.478 e. The molecule has 0 aliphatic heterocycles. The molecular weight excluding hydrogens is 228 g/mol. The number of nitrogens with zero attached hydrogens (tertiary/aromatic N) is 2. The Morgan fingerprint density at radius 1 is 1.56 bits per heavy atom. The van der Waals surface area contributed by atoms with E-state index in [0.29, 0.717) is 10.5 Å². The summed E-state index contributed by atoms with van der Waals surface area (Å²) in [7, 11) is 0. The first kappa shape index (κ1) is 11.0. The van der Waals surface area contributed by atoms with Crippen LogP contribution in [-0.4, -0.2) is 20.6 Å². The van der Waals surface area contributed by atoms with Crippen LogP contribution in [0.2, 0.25) is 5.15 Å². The molecular formula is C11H11ClN2O2. The van der Waals surface area contributed by atoms with Crippen molar-refractivity contribution in [1.29, 1.82) is 0 Å². The van der Waals surface area contributed by atoms with Crippen LogP contribution in [0.1, 0.15) is 30.2 Å². The normalized spacial score (nSPS) is 11.2. The van der Waals surface area contributed by atoms with E-state index in [0.717, 1.165) is 5.52 Å². The van der Waals surface area contributed by atoms with Crippen LogP contribution in [0.5, 0.6) is 0 Å². The standard InChI is InChI=1S/C11H11ClN2O2/c1-6(2)14-5-8(11(15)16)7-4-13-10(12)3-9(7)14/h3-6H,1-2H3,(H,15,16). The van der Waals surface area contributed by atoms with Gasteiger partial charge in [-0.2, -0.15) is 0 Å². The van der Waals surface area contributed by atoms with Crippen molar-refractivity contribution in [3.63, 3.8) is 0 Å². The molecule has 0 radical (unpaired) electrons. The molecule has 0 saturated heterocycles. The summed E-state index contributed by atoms with van der Waals surface area (Å²) in [5.74, 6) is -0.950. The molecule has 16 heavy (non-hydrogen) atoms. The molecule has 1 N–H and O–H groups in total. The summed E-state index contributed by atoms with van der Waals surface area (Å²) in [6.45, 7) is 3.97. The molecule has 0 bridgehead atoms. The van der Waals surface area contributed by atoms with E-state index >= 15 is 0 Å². The number of aromatic nitrogens is 2. The monoisotopic (exact) mass is 238 g/mol. The van der Waals surface area contributed by atoms with E-state index in [1.165, 1.54) is 6.20 Å². The number of rotatable bonds is 2. The van der Waals surface area contributed by atoms with Gasteiger partial charge in [0.2, 0.25) is 0 Å². The summed E-state index contributed by atoms with van der Waals surface area (Å²) in [6, 6.07) is 1.86. The van der Waals surface area contributed by atoms with Crippen molar-refractivity contribution in [3.05, 3.63) is 29.2 Å². The molecule has 0 atom stereocenters. The topological polar surface area (TPSA) is 55.1 Å². The summed E-state index contributed by atoms with van der Waals surface area (Å²) in [6.07, 6.45) is 3.12. The molecule has 0 aromatic carbocycles. The molecule has 2 heterocycles. The van der Waals surface area contributed by atoms with E-state index in [2.05, 4.69) is 4.98 Å². The Kier molecular flexibility index (Phi) is 2.59. The van der Waals surface area contributed by atoms with Crippen LogP contribution in [0.4, 0.5) is 0 Å².